The Hall–Kier alpha value is -1.72. The third-order valence-electron chi connectivity index (χ3n) is 2.60. The Morgan fingerprint density at radius 1 is 1.30 bits per heavy atom. The van der Waals surface area contributed by atoms with E-state index in [0.29, 0.717) is 27.7 Å². The normalized spacial score (nSPS) is 10.2. The number of ether oxygens (including phenoxy) is 1. The summed E-state index contributed by atoms with van der Waals surface area (Å²) in [6, 6.07) is 10.00. The number of amides is 1. The fraction of sp³-hybridized carbons (Fsp3) is 0.0714. The van der Waals surface area contributed by atoms with Gasteiger partial charge >= 0.3 is 0 Å². The van der Waals surface area contributed by atoms with Crippen molar-refractivity contribution in [3.05, 3.63) is 51.5 Å². The molecule has 0 heterocycles. The second kappa shape index (κ2) is 6.15. The van der Waals surface area contributed by atoms with Crippen LogP contribution in [0.3, 0.4) is 0 Å². The van der Waals surface area contributed by atoms with E-state index in [1.54, 1.807) is 36.4 Å². The molecule has 0 spiro atoms. The van der Waals surface area contributed by atoms with Crippen molar-refractivity contribution in [2.75, 3.05) is 18.2 Å². The van der Waals surface area contributed by atoms with Crippen molar-refractivity contribution in [3.63, 3.8) is 0 Å². The van der Waals surface area contributed by atoms with E-state index in [0.717, 1.165) is 4.47 Å². The van der Waals surface area contributed by atoms with Crippen molar-refractivity contribution in [2.45, 2.75) is 0 Å². The largest absolute Gasteiger partial charge is 0.494 e. The maximum atomic E-state index is 12.2. The van der Waals surface area contributed by atoms with Gasteiger partial charge in [-0.2, -0.15) is 0 Å². The van der Waals surface area contributed by atoms with Crippen molar-refractivity contribution in [3.8, 4) is 5.75 Å². The van der Waals surface area contributed by atoms with Crippen LogP contribution in [0.2, 0.25) is 5.02 Å². The van der Waals surface area contributed by atoms with Crippen molar-refractivity contribution in [1.29, 1.82) is 0 Å². The summed E-state index contributed by atoms with van der Waals surface area (Å²) in [7, 11) is 1.51. The molecule has 0 saturated heterocycles. The smallest absolute Gasteiger partial charge is 0.255 e. The molecular weight excluding hydrogens is 344 g/mol. The number of nitrogens with one attached hydrogen (secondary N) is 1. The maximum absolute atomic E-state index is 12.2. The minimum Gasteiger partial charge on any atom is -0.494 e. The lowest BCUT2D eigenvalue weighted by molar-refractivity contribution is 0.102. The third kappa shape index (κ3) is 3.43. The number of carbonyl (C=O) groups excluding carboxylic acids is 1. The van der Waals surface area contributed by atoms with Crippen molar-refractivity contribution in [1.82, 2.24) is 0 Å². The lowest BCUT2D eigenvalue weighted by Gasteiger charge is -2.11. The van der Waals surface area contributed by atoms with Crippen LogP contribution in [-0.4, -0.2) is 13.0 Å². The number of nitrogen functional groups attached to an aromatic ring is 1. The zero-order valence-corrected chi connectivity index (χ0v) is 13.0. The molecule has 4 nitrogen and oxygen atoms in total. The van der Waals surface area contributed by atoms with Crippen LogP contribution in [-0.2, 0) is 0 Å². The highest BCUT2D eigenvalue weighted by Gasteiger charge is 2.11. The van der Waals surface area contributed by atoms with Gasteiger partial charge in [-0.25, -0.2) is 0 Å². The van der Waals surface area contributed by atoms with Crippen LogP contribution in [0.5, 0.6) is 5.75 Å². The van der Waals surface area contributed by atoms with Crippen LogP contribution in [0.4, 0.5) is 11.4 Å². The first kappa shape index (κ1) is 14.7. The lowest BCUT2D eigenvalue weighted by Crippen LogP contribution is -2.12. The third-order valence-corrected chi connectivity index (χ3v) is 3.27. The predicted molar refractivity (Wildman–Crippen MR) is 84.5 cm³/mol. The Morgan fingerprint density at radius 3 is 2.70 bits per heavy atom. The maximum Gasteiger partial charge on any atom is 0.255 e. The quantitative estimate of drug-likeness (QED) is 0.820. The Balaban J connectivity index is 2.27. The fourth-order valence-electron chi connectivity index (χ4n) is 1.69. The molecule has 104 valence electrons. The molecule has 6 heteroatoms. The molecule has 2 rings (SSSR count). The molecule has 1 amide bonds. The second-order valence-corrected chi connectivity index (χ2v) is 5.42. The molecule has 3 N–H and O–H groups in total. The fourth-order valence-corrected chi connectivity index (χ4v) is 2.55. The van der Waals surface area contributed by atoms with E-state index in [9.17, 15) is 4.79 Å². The van der Waals surface area contributed by atoms with Gasteiger partial charge in [0.2, 0.25) is 0 Å². The highest BCUT2D eigenvalue weighted by Crippen LogP contribution is 2.27. The minimum atomic E-state index is -0.281. The minimum absolute atomic E-state index is 0.281. The summed E-state index contributed by atoms with van der Waals surface area (Å²) in [4.78, 5) is 12.2. The monoisotopic (exact) mass is 354 g/mol. The average Bonchev–Trinajstić information content (AvgIpc) is 2.39. The van der Waals surface area contributed by atoms with Crippen molar-refractivity contribution >= 4 is 44.8 Å². The molecule has 0 atom stereocenters. The number of anilines is 2. The van der Waals surface area contributed by atoms with Crippen molar-refractivity contribution < 1.29 is 9.53 Å². The lowest BCUT2D eigenvalue weighted by atomic mass is 10.2. The van der Waals surface area contributed by atoms with E-state index in [-0.39, 0.29) is 5.91 Å². The SMILES string of the molecule is COc1cc(N)ccc1NC(=O)c1cc(Cl)cc(Br)c1. The standard InChI is InChI=1S/C14H12BrClN2O2/c1-20-13-7-11(17)2-3-12(13)18-14(19)8-4-9(15)6-10(16)5-8/h2-7H,17H2,1H3,(H,18,19). The number of nitrogens with two attached hydrogens (primary N) is 1. The van der Waals surface area contributed by atoms with E-state index < -0.39 is 0 Å². The molecule has 2 aromatic carbocycles. The van der Waals surface area contributed by atoms with E-state index in [2.05, 4.69) is 21.2 Å². The topological polar surface area (TPSA) is 64.3 Å². The van der Waals surface area contributed by atoms with Gasteiger partial charge in [-0.05, 0) is 30.3 Å². The van der Waals surface area contributed by atoms with Gasteiger partial charge in [0.1, 0.15) is 5.75 Å². The Kier molecular flexibility index (Phi) is 4.52. The molecular formula is C14H12BrClN2O2. The van der Waals surface area contributed by atoms with Crippen LogP contribution in [0.25, 0.3) is 0 Å². The molecule has 0 bridgehead atoms. The van der Waals surface area contributed by atoms with Crippen LogP contribution in [0.1, 0.15) is 10.4 Å². The number of rotatable bonds is 3. The molecule has 20 heavy (non-hydrogen) atoms. The van der Waals surface area contributed by atoms with E-state index in [1.165, 1.54) is 7.11 Å². The zero-order chi connectivity index (χ0) is 14.7. The molecule has 2 aromatic rings. The first-order chi connectivity index (χ1) is 9.49. The summed E-state index contributed by atoms with van der Waals surface area (Å²) in [6.45, 7) is 0. The predicted octanol–water partition coefficient (Wildman–Crippen LogP) is 3.95. The summed E-state index contributed by atoms with van der Waals surface area (Å²) in [6.07, 6.45) is 0. The molecule has 0 aromatic heterocycles. The highest BCUT2D eigenvalue weighted by molar-refractivity contribution is 9.10. The number of benzene rings is 2. The molecule has 0 aliphatic rings. The van der Waals surface area contributed by atoms with Gasteiger partial charge in [0.15, 0.2) is 0 Å². The molecule has 0 fully saturated rings. The van der Waals surface area contributed by atoms with Crippen LogP contribution < -0.4 is 15.8 Å². The van der Waals surface area contributed by atoms with Gasteiger partial charge in [-0.1, -0.05) is 27.5 Å². The van der Waals surface area contributed by atoms with E-state index in [1.807, 2.05) is 0 Å². The van der Waals surface area contributed by atoms with Crippen LogP contribution >= 0.6 is 27.5 Å². The van der Waals surface area contributed by atoms with Gasteiger partial charge in [0, 0.05) is 26.8 Å². The molecule has 0 aliphatic carbocycles. The Labute approximate surface area is 130 Å². The van der Waals surface area contributed by atoms with Gasteiger partial charge in [0.05, 0.1) is 12.8 Å². The summed E-state index contributed by atoms with van der Waals surface area (Å²) in [5.74, 6) is 0.218. The highest BCUT2D eigenvalue weighted by atomic mass is 79.9. The summed E-state index contributed by atoms with van der Waals surface area (Å²) in [5, 5.41) is 3.24. The average molecular weight is 356 g/mol. The van der Waals surface area contributed by atoms with Gasteiger partial charge in [-0.15, -0.1) is 0 Å². The Bertz CT molecular complexity index is 641. The number of carbonyl (C=O) groups is 1. The van der Waals surface area contributed by atoms with E-state index in [4.69, 9.17) is 22.1 Å². The van der Waals surface area contributed by atoms with Gasteiger partial charge in [-0.3, -0.25) is 4.79 Å². The van der Waals surface area contributed by atoms with Crippen molar-refractivity contribution in [2.24, 2.45) is 0 Å². The first-order valence-electron chi connectivity index (χ1n) is 5.70. The molecule has 0 aliphatic heterocycles. The number of hydrogen-bond donors (Lipinski definition) is 2. The molecule has 0 unspecified atom stereocenters. The number of halogens is 2. The number of methoxy groups -OCH3 is 1. The van der Waals surface area contributed by atoms with Gasteiger partial charge in [0.25, 0.3) is 5.91 Å². The summed E-state index contributed by atoms with van der Waals surface area (Å²) < 4.78 is 5.92. The summed E-state index contributed by atoms with van der Waals surface area (Å²) in [5.41, 5.74) is 7.22. The zero-order valence-electron chi connectivity index (χ0n) is 10.6. The number of hydrogen-bond acceptors (Lipinski definition) is 3. The second-order valence-electron chi connectivity index (χ2n) is 4.07. The van der Waals surface area contributed by atoms with E-state index >= 15 is 0 Å². The first-order valence-corrected chi connectivity index (χ1v) is 6.87. The Morgan fingerprint density at radius 2 is 2.05 bits per heavy atom. The molecule has 0 saturated carbocycles. The van der Waals surface area contributed by atoms with Crippen LogP contribution in [0.15, 0.2) is 40.9 Å². The van der Waals surface area contributed by atoms with Crippen LogP contribution in [0, 0.1) is 0 Å². The molecule has 0 radical (unpaired) electrons. The summed E-state index contributed by atoms with van der Waals surface area (Å²) >= 11 is 9.22. The van der Waals surface area contributed by atoms with Gasteiger partial charge < -0.3 is 15.8 Å².